The van der Waals surface area contributed by atoms with Crippen LogP contribution in [0.15, 0.2) is 42.9 Å². The number of carbonyl (C=O) groups is 1. The van der Waals surface area contributed by atoms with Gasteiger partial charge in [-0.1, -0.05) is 0 Å². The van der Waals surface area contributed by atoms with Gasteiger partial charge in [-0.2, -0.15) is 0 Å². The lowest BCUT2D eigenvalue weighted by Crippen LogP contribution is -2.20. The minimum atomic E-state index is -0.527. The molecule has 0 atom stereocenters. The van der Waals surface area contributed by atoms with Gasteiger partial charge in [0.25, 0.3) is 0 Å². The summed E-state index contributed by atoms with van der Waals surface area (Å²) in [7, 11) is 3.32. The molecule has 2 heterocycles. The maximum atomic E-state index is 11.1. The molecule has 110 valence electrons. The summed E-state index contributed by atoms with van der Waals surface area (Å²) in [6.45, 7) is 0.871. The molecule has 21 heavy (non-hydrogen) atoms. The molecule has 0 aliphatic heterocycles. The molecule has 2 aromatic rings. The summed E-state index contributed by atoms with van der Waals surface area (Å²) in [6, 6.07) is 7.67. The van der Waals surface area contributed by atoms with Gasteiger partial charge in [0, 0.05) is 26.0 Å². The highest BCUT2D eigenvalue weighted by molar-refractivity contribution is 5.83. The SMILES string of the molecule is COC(=O)Nc1ccc(N(C)CCc2ccncc2)cn1. The Morgan fingerprint density at radius 3 is 2.67 bits per heavy atom. The van der Waals surface area contributed by atoms with Crippen LogP contribution in [0.4, 0.5) is 16.3 Å². The number of methoxy groups -OCH3 is 1. The van der Waals surface area contributed by atoms with E-state index >= 15 is 0 Å². The third-order valence-corrected chi connectivity index (χ3v) is 3.09. The smallest absolute Gasteiger partial charge is 0.412 e. The van der Waals surface area contributed by atoms with Crippen molar-refractivity contribution < 1.29 is 9.53 Å². The topological polar surface area (TPSA) is 67.3 Å². The first-order valence-corrected chi connectivity index (χ1v) is 6.60. The van der Waals surface area contributed by atoms with Crippen molar-refractivity contribution >= 4 is 17.6 Å². The summed E-state index contributed by atoms with van der Waals surface area (Å²) < 4.78 is 4.51. The molecular formula is C15H18N4O2. The monoisotopic (exact) mass is 286 g/mol. The van der Waals surface area contributed by atoms with Crippen LogP contribution in [0.3, 0.4) is 0 Å². The van der Waals surface area contributed by atoms with Crippen molar-refractivity contribution in [1.82, 2.24) is 9.97 Å². The average Bonchev–Trinajstić information content (AvgIpc) is 2.54. The van der Waals surface area contributed by atoms with E-state index in [-0.39, 0.29) is 0 Å². The van der Waals surface area contributed by atoms with E-state index in [9.17, 15) is 4.79 Å². The molecule has 2 aromatic heterocycles. The molecule has 0 unspecified atom stereocenters. The van der Waals surface area contributed by atoms with Crippen molar-refractivity contribution in [3.8, 4) is 0 Å². The molecule has 0 aliphatic carbocycles. The highest BCUT2D eigenvalue weighted by Crippen LogP contribution is 2.14. The van der Waals surface area contributed by atoms with Crippen LogP contribution < -0.4 is 10.2 Å². The van der Waals surface area contributed by atoms with Crippen molar-refractivity contribution in [3.05, 3.63) is 48.4 Å². The fourth-order valence-electron chi connectivity index (χ4n) is 1.82. The number of anilines is 2. The Morgan fingerprint density at radius 1 is 1.29 bits per heavy atom. The van der Waals surface area contributed by atoms with Crippen molar-refractivity contribution in [3.63, 3.8) is 0 Å². The van der Waals surface area contributed by atoms with E-state index in [1.807, 2.05) is 25.2 Å². The van der Waals surface area contributed by atoms with E-state index < -0.39 is 6.09 Å². The molecule has 0 saturated heterocycles. The molecular weight excluding hydrogens is 268 g/mol. The quantitative estimate of drug-likeness (QED) is 0.913. The lowest BCUT2D eigenvalue weighted by atomic mass is 10.2. The molecule has 0 saturated carbocycles. The number of carbonyl (C=O) groups excluding carboxylic acids is 1. The van der Waals surface area contributed by atoms with Gasteiger partial charge in [0.05, 0.1) is 19.0 Å². The van der Waals surface area contributed by atoms with Crippen LogP contribution in [-0.4, -0.2) is 36.8 Å². The molecule has 0 bridgehead atoms. The lowest BCUT2D eigenvalue weighted by molar-refractivity contribution is 0.187. The number of nitrogens with one attached hydrogen (secondary N) is 1. The van der Waals surface area contributed by atoms with Crippen LogP contribution in [-0.2, 0) is 11.2 Å². The largest absolute Gasteiger partial charge is 0.453 e. The molecule has 1 N–H and O–H groups in total. The predicted molar refractivity (Wildman–Crippen MR) is 81.5 cm³/mol. The van der Waals surface area contributed by atoms with E-state index in [1.54, 1.807) is 24.7 Å². The van der Waals surface area contributed by atoms with Gasteiger partial charge < -0.3 is 9.64 Å². The number of rotatable bonds is 5. The second kappa shape index (κ2) is 7.23. The number of aromatic nitrogens is 2. The fourth-order valence-corrected chi connectivity index (χ4v) is 1.82. The summed E-state index contributed by atoms with van der Waals surface area (Å²) in [5.41, 5.74) is 2.23. The molecule has 6 heteroatoms. The zero-order chi connectivity index (χ0) is 15.1. The van der Waals surface area contributed by atoms with E-state index in [1.165, 1.54) is 12.7 Å². The number of pyridine rings is 2. The molecule has 6 nitrogen and oxygen atoms in total. The van der Waals surface area contributed by atoms with E-state index in [4.69, 9.17) is 0 Å². The van der Waals surface area contributed by atoms with Crippen molar-refractivity contribution in [1.29, 1.82) is 0 Å². The average molecular weight is 286 g/mol. The number of ether oxygens (including phenoxy) is 1. The molecule has 0 aromatic carbocycles. The Morgan fingerprint density at radius 2 is 2.05 bits per heavy atom. The van der Waals surface area contributed by atoms with E-state index in [0.717, 1.165) is 18.7 Å². The predicted octanol–water partition coefficient (Wildman–Crippen LogP) is 2.33. The summed E-state index contributed by atoms with van der Waals surface area (Å²) in [5.74, 6) is 0.466. The standard InChI is InChI=1S/C15H18N4O2/c1-19(10-7-12-5-8-16-9-6-12)13-3-4-14(17-11-13)18-15(20)21-2/h3-6,8-9,11H,7,10H2,1-2H3,(H,17,18,20). The van der Waals surface area contributed by atoms with Crippen LogP contribution in [0, 0.1) is 0 Å². The Hall–Kier alpha value is -2.63. The first kappa shape index (κ1) is 14.8. The lowest BCUT2D eigenvalue weighted by Gasteiger charge is -2.19. The number of hydrogen-bond acceptors (Lipinski definition) is 5. The van der Waals surface area contributed by atoms with Gasteiger partial charge in [-0.05, 0) is 36.2 Å². The van der Waals surface area contributed by atoms with E-state index in [0.29, 0.717) is 5.82 Å². The number of hydrogen-bond donors (Lipinski definition) is 1. The molecule has 0 spiro atoms. The third-order valence-electron chi connectivity index (χ3n) is 3.09. The van der Waals surface area contributed by atoms with Crippen LogP contribution in [0.1, 0.15) is 5.56 Å². The molecule has 2 rings (SSSR count). The highest BCUT2D eigenvalue weighted by Gasteiger charge is 2.05. The normalized spacial score (nSPS) is 10.0. The van der Waals surface area contributed by atoms with Gasteiger partial charge in [0.15, 0.2) is 0 Å². The van der Waals surface area contributed by atoms with Crippen LogP contribution in [0.5, 0.6) is 0 Å². The second-order valence-electron chi connectivity index (χ2n) is 4.55. The van der Waals surface area contributed by atoms with Gasteiger partial charge in [0.1, 0.15) is 5.82 Å². The Bertz CT molecular complexity index is 572. The molecule has 0 radical (unpaired) electrons. The van der Waals surface area contributed by atoms with Gasteiger partial charge in [-0.25, -0.2) is 9.78 Å². The first-order valence-electron chi connectivity index (χ1n) is 6.60. The molecule has 0 fully saturated rings. The van der Waals surface area contributed by atoms with Gasteiger partial charge in [-0.3, -0.25) is 10.3 Å². The van der Waals surface area contributed by atoms with Crippen molar-refractivity contribution in [2.75, 3.05) is 30.9 Å². The summed E-state index contributed by atoms with van der Waals surface area (Å²) in [4.78, 5) is 21.4. The summed E-state index contributed by atoms with van der Waals surface area (Å²) in [5, 5.41) is 2.52. The van der Waals surface area contributed by atoms with Crippen LogP contribution in [0.2, 0.25) is 0 Å². The fraction of sp³-hybridized carbons (Fsp3) is 0.267. The van der Waals surface area contributed by atoms with Gasteiger partial charge >= 0.3 is 6.09 Å². The number of likely N-dealkylation sites (N-methyl/N-ethyl adjacent to an activating group) is 1. The molecule has 0 aliphatic rings. The maximum absolute atomic E-state index is 11.1. The molecule has 1 amide bonds. The van der Waals surface area contributed by atoms with E-state index in [2.05, 4.69) is 24.9 Å². The zero-order valence-corrected chi connectivity index (χ0v) is 12.1. The Kier molecular flexibility index (Phi) is 5.09. The summed E-state index contributed by atoms with van der Waals surface area (Å²) >= 11 is 0. The highest BCUT2D eigenvalue weighted by atomic mass is 16.5. The van der Waals surface area contributed by atoms with Crippen LogP contribution in [0.25, 0.3) is 0 Å². The van der Waals surface area contributed by atoms with Gasteiger partial charge in [0.2, 0.25) is 0 Å². The Labute approximate surface area is 123 Å². The van der Waals surface area contributed by atoms with Crippen molar-refractivity contribution in [2.45, 2.75) is 6.42 Å². The maximum Gasteiger partial charge on any atom is 0.412 e. The minimum absolute atomic E-state index is 0.466. The third kappa shape index (κ3) is 4.45. The van der Waals surface area contributed by atoms with Crippen molar-refractivity contribution in [2.24, 2.45) is 0 Å². The minimum Gasteiger partial charge on any atom is -0.453 e. The first-order chi connectivity index (χ1) is 10.2. The van der Waals surface area contributed by atoms with Gasteiger partial charge in [-0.15, -0.1) is 0 Å². The number of amides is 1. The number of nitrogens with zero attached hydrogens (tertiary/aromatic N) is 3. The summed E-state index contributed by atoms with van der Waals surface area (Å²) in [6.07, 6.45) is 5.72. The zero-order valence-electron chi connectivity index (χ0n) is 12.1. The van der Waals surface area contributed by atoms with Crippen LogP contribution >= 0.6 is 0 Å². The Balaban J connectivity index is 1.90. The second-order valence-corrected chi connectivity index (χ2v) is 4.55.